The maximum Gasteiger partial charge on any atom is 0.305 e. The summed E-state index contributed by atoms with van der Waals surface area (Å²) in [6, 6.07) is 3.70. The van der Waals surface area contributed by atoms with Gasteiger partial charge in [0.05, 0.1) is 17.0 Å². The Bertz CT molecular complexity index is 541. The maximum atomic E-state index is 13.1. The molecule has 0 unspecified atom stereocenters. The molecule has 0 heterocycles. The van der Waals surface area contributed by atoms with E-state index < -0.39 is 23.2 Å². The van der Waals surface area contributed by atoms with Gasteiger partial charge in [0, 0.05) is 5.56 Å². The lowest BCUT2D eigenvalue weighted by atomic mass is 9.92. The molecule has 0 saturated heterocycles. The third-order valence-electron chi connectivity index (χ3n) is 3.61. The van der Waals surface area contributed by atoms with E-state index in [0.29, 0.717) is 12.8 Å². The molecule has 1 saturated carbocycles. The molecule has 1 aromatic carbocycles. The van der Waals surface area contributed by atoms with Crippen molar-refractivity contribution in [3.05, 3.63) is 34.6 Å². The summed E-state index contributed by atoms with van der Waals surface area (Å²) < 4.78 is 13.1. The van der Waals surface area contributed by atoms with Crippen LogP contribution in [0.2, 0.25) is 5.02 Å². The zero-order chi connectivity index (χ0) is 14.8. The number of amides is 1. The molecule has 0 bridgehead atoms. The molecule has 1 aliphatic carbocycles. The molecule has 20 heavy (non-hydrogen) atoms. The predicted octanol–water partition coefficient (Wildman–Crippen LogP) is 3.00. The van der Waals surface area contributed by atoms with Gasteiger partial charge in [-0.2, -0.15) is 0 Å². The van der Waals surface area contributed by atoms with Crippen LogP contribution in [-0.2, 0) is 4.79 Å². The van der Waals surface area contributed by atoms with E-state index in [1.807, 2.05) is 0 Å². The molecule has 1 fully saturated rings. The van der Waals surface area contributed by atoms with E-state index in [-0.39, 0.29) is 17.0 Å². The smallest absolute Gasteiger partial charge is 0.305 e. The van der Waals surface area contributed by atoms with Gasteiger partial charge >= 0.3 is 5.97 Å². The number of nitrogens with one attached hydrogen (secondary N) is 1. The van der Waals surface area contributed by atoms with Crippen molar-refractivity contribution in [3.8, 4) is 0 Å². The molecule has 4 nitrogen and oxygen atoms in total. The van der Waals surface area contributed by atoms with Crippen LogP contribution in [0.25, 0.3) is 0 Å². The fourth-order valence-electron chi connectivity index (χ4n) is 2.64. The number of benzene rings is 1. The Hall–Kier alpha value is -1.62. The summed E-state index contributed by atoms with van der Waals surface area (Å²) in [6.45, 7) is 0. The van der Waals surface area contributed by atoms with Crippen molar-refractivity contribution in [1.82, 2.24) is 5.32 Å². The molecule has 0 aromatic heterocycles. The summed E-state index contributed by atoms with van der Waals surface area (Å²) in [5, 5.41) is 11.6. The number of halogens is 2. The molecule has 2 N–H and O–H groups in total. The Labute approximate surface area is 120 Å². The van der Waals surface area contributed by atoms with E-state index in [1.54, 1.807) is 0 Å². The van der Waals surface area contributed by atoms with Gasteiger partial charge < -0.3 is 10.4 Å². The van der Waals surface area contributed by atoms with E-state index in [4.69, 9.17) is 16.7 Å². The van der Waals surface area contributed by atoms with E-state index >= 15 is 0 Å². The normalized spacial score (nSPS) is 16.9. The Kier molecular flexibility index (Phi) is 4.28. The van der Waals surface area contributed by atoms with Crippen molar-refractivity contribution in [2.24, 2.45) is 0 Å². The zero-order valence-electron chi connectivity index (χ0n) is 10.8. The fourth-order valence-corrected chi connectivity index (χ4v) is 2.82. The Morgan fingerprint density at radius 2 is 2.00 bits per heavy atom. The minimum Gasteiger partial charge on any atom is -0.481 e. The van der Waals surface area contributed by atoms with Crippen molar-refractivity contribution in [1.29, 1.82) is 0 Å². The number of carbonyl (C=O) groups is 2. The number of carboxylic acid groups (broad SMARTS) is 1. The lowest BCUT2D eigenvalue weighted by Gasteiger charge is -2.28. The summed E-state index contributed by atoms with van der Waals surface area (Å²) in [7, 11) is 0. The van der Waals surface area contributed by atoms with Crippen LogP contribution in [0.1, 0.15) is 42.5 Å². The summed E-state index contributed by atoms with van der Waals surface area (Å²) in [6.07, 6.45) is 2.95. The second-order valence-electron chi connectivity index (χ2n) is 5.14. The average molecular weight is 300 g/mol. The van der Waals surface area contributed by atoms with Crippen molar-refractivity contribution < 1.29 is 19.1 Å². The van der Waals surface area contributed by atoms with Crippen LogP contribution in [0.5, 0.6) is 0 Å². The lowest BCUT2D eigenvalue weighted by Crippen LogP contribution is -2.47. The van der Waals surface area contributed by atoms with Crippen LogP contribution in [0.15, 0.2) is 18.2 Å². The minimum absolute atomic E-state index is 0.104. The highest BCUT2D eigenvalue weighted by molar-refractivity contribution is 6.31. The SMILES string of the molecule is O=C(O)CC1(NC(=O)c2ccc(F)c(Cl)c2)CCCC1. The second-order valence-corrected chi connectivity index (χ2v) is 5.55. The van der Waals surface area contributed by atoms with Crippen LogP contribution in [0, 0.1) is 5.82 Å². The van der Waals surface area contributed by atoms with Crippen LogP contribution in [-0.4, -0.2) is 22.5 Å². The number of carboxylic acids is 1. The van der Waals surface area contributed by atoms with Gasteiger partial charge in [0.25, 0.3) is 5.91 Å². The van der Waals surface area contributed by atoms with E-state index in [2.05, 4.69) is 5.32 Å². The lowest BCUT2D eigenvalue weighted by molar-refractivity contribution is -0.138. The van der Waals surface area contributed by atoms with Crippen LogP contribution >= 0.6 is 11.6 Å². The van der Waals surface area contributed by atoms with Gasteiger partial charge in [-0.15, -0.1) is 0 Å². The molecule has 6 heteroatoms. The summed E-state index contributed by atoms with van der Waals surface area (Å²) in [5.74, 6) is -1.95. The first-order valence-electron chi connectivity index (χ1n) is 6.41. The molecule has 108 valence electrons. The first-order chi connectivity index (χ1) is 9.42. The third kappa shape index (κ3) is 3.28. The van der Waals surface area contributed by atoms with Gasteiger partial charge in [-0.1, -0.05) is 24.4 Å². The third-order valence-corrected chi connectivity index (χ3v) is 3.90. The maximum absolute atomic E-state index is 13.1. The molecule has 1 aromatic rings. The molecule has 1 amide bonds. The Morgan fingerprint density at radius 1 is 1.35 bits per heavy atom. The Balaban J connectivity index is 2.16. The fraction of sp³-hybridized carbons (Fsp3) is 0.429. The highest BCUT2D eigenvalue weighted by Crippen LogP contribution is 2.33. The van der Waals surface area contributed by atoms with Gasteiger partial charge in [-0.3, -0.25) is 9.59 Å². The van der Waals surface area contributed by atoms with Gasteiger partial charge in [0.1, 0.15) is 5.82 Å². The number of rotatable bonds is 4. The van der Waals surface area contributed by atoms with Gasteiger partial charge in [0.2, 0.25) is 0 Å². The van der Waals surface area contributed by atoms with E-state index in [1.165, 1.54) is 12.1 Å². The summed E-state index contributed by atoms with van der Waals surface area (Å²) >= 11 is 5.64. The number of aliphatic carboxylic acids is 1. The predicted molar refractivity (Wildman–Crippen MR) is 72.3 cm³/mol. The van der Waals surface area contributed by atoms with Crippen LogP contribution in [0.3, 0.4) is 0 Å². The highest BCUT2D eigenvalue weighted by atomic mass is 35.5. The molecule has 0 aliphatic heterocycles. The molecule has 1 aliphatic rings. The summed E-state index contributed by atoms with van der Waals surface area (Å²) in [4.78, 5) is 23.1. The zero-order valence-corrected chi connectivity index (χ0v) is 11.5. The van der Waals surface area contributed by atoms with Gasteiger partial charge in [-0.05, 0) is 31.0 Å². The highest BCUT2D eigenvalue weighted by Gasteiger charge is 2.37. The average Bonchev–Trinajstić information content (AvgIpc) is 2.79. The molecule has 0 radical (unpaired) electrons. The van der Waals surface area contributed by atoms with E-state index in [9.17, 15) is 14.0 Å². The number of hydrogen-bond acceptors (Lipinski definition) is 2. The molecule has 0 atom stereocenters. The van der Waals surface area contributed by atoms with Crippen molar-refractivity contribution in [2.75, 3.05) is 0 Å². The topological polar surface area (TPSA) is 66.4 Å². The van der Waals surface area contributed by atoms with Crippen LogP contribution in [0.4, 0.5) is 4.39 Å². The quantitative estimate of drug-likeness (QED) is 0.898. The molecule has 0 spiro atoms. The largest absolute Gasteiger partial charge is 0.481 e. The van der Waals surface area contributed by atoms with Crippen LogP contribution < -0.4 is 5.32 Å². The van der Waals surface area contributed by atoms with Crippen molar-refractivity contribution in [2.45, 2.75) is 37.6 Å². The first kappa shape index (κ1) is 14.8. The molecule has 2 rings (SSSR count). The molecular weight excluding hydrogens is 285 g/mol. The van der Waals surface area contributed by atoms with E-state index in [0.717, 1.165) is 18.9 Å². The summed E-state index contributed by atoms with van der Waals surface area (Å²) in [5.41, 5.74) is -0.475. The monoisotopic (exact) mass is 299 g/mol. The standard InChI is InChI=1S/C14H15ClFNO3/c15-10-7-9(3-4-11(10)16)13(20)17-14(8-12(18)19)5-1-2-6-14/h3-4,7H,1-2,5-6,8H2,(H,17,20)(H,18,19). The van der Waals surface area contributed by atoms with Gasteiger partial charge in [-0.25, -0.2) is 4.39 Å². The second kappa shape index (κ2) is 5.79. The van der Waals surface area contributed by atoms with Gasteiger partial charge in [0.15, 0.2) is 0 Å². The Morgan fingerprint density at radius 3 is 2.55 bits per heavy atom. The minimum atomic E-state index is -0.940. The number of hydrogen-bond donors (Lipinski definition) is 2. The molecular formula is C14H15ClFNO3. The first-order valence-corrected chi connectivity index (χ1v) is 6.79. The van der Waals surface area contributed by atoms with Crippen molar-refractivity contribution in [3.63, 3.8) is 0 Å². The van der Waals surface area contributed by atoms with Crippen molar-refractivity contribution >= 4 is 23.5 Å². The number of carbonyl (C=O) groups excluding carboxylic acids is 1.